The molecule has 0 fully saturated rings. The van der Waals surface area contributed by atoms with E-state index in [1.54, 1.807) is 6.07 Å². The fraction of sp³-hybridized carbons (Fsp3) is 0.500. The van der Waals surface area contributed by atoms with Crippen molar-refractivity contribution in [3.63, 3.8) is 0 Å². The van der Waals surface area contributed by atoms with Crippen LogP contribution in [0.4, 0.5) is 0 Å². The van der Waals surface area contributed by atoms with Gasteiger partial charge in [0.25, 0.3) is 5.91 Å². The normalized spacial score (nSPS) is 11.9. The van der Waals surface area contributed by atoms with Crippen molar-refractivity contribution >= 4 is 27.8 Å². The van der Waals surface area contributed by atoms with Crippen molar-refractivity contribution in [1.82, 2.24) is 5.32 Å². The van der Waals surface area contributed by atoms with Gasteiger partial charge in [0.15, 0.2) is 11.5 Å². The van der Waals surface area contributed by atoms with Crippen LogP contribution < -0.4 is 14.8 Å². The highest BCUT2D eigenvalue weighted by Crippen LogP contribution is 2.36. The molecule has 1 aromatic carbocycles. The first kappa shape index (κ1) is 19.3. The van der Waals surface area contributed by atoms with E-state index in [1.165, 1.54) is 13.2 Å². The molecule has 6 nitrogen and oxygen atoms in total. The van der Waals surface area contributed by atoms with Gasteiger partial charge in [-0.3, -0.25) is 4.79 Å². The Labute approximate surface area is 144 Å². The van der Waals surface area contributed by atoms with Gasteiger partial charge in [0, 0.05) is 5.56 Å². The van der Waals surface area contributed by atoms with Crippen molar-refractivity contribution in [1.29, 1.82) is 0 Å². The lowest BCUT2D eigenvalue weighted by Crippen LogP contribution is -2.41. The van der Waals surface area contributed by atoms with Gasteiger partial charge in [0.1, 0.15) is 6.04 Å². The van der Waals surface area contributed by atoms with Crippen LogP contribution in [0.1, 0.15) is 37.6 Å². The minimum absolute atomic E-state index is 0.151. The zero-order valence-electron chi connectivity index (χ0n) is 13.7. The Balaban J connectivity index is 3.03. The molecular weight excluding hydrogens is 366 g/mol. The summed E-state index contributed by atoms with van der Waals surface area (Å²) in [7, 11) is 1.48. The van der Waals surface area contributed by atoms with Gasteiger partial charge in [-0.25, -0.2) is 4.79 Å². The number of halogens is 1. The number of carbonyl (C=O) groups excluding carboxylic acids is 1. The third kappa shape index (κ3) is 5.42. The van der Waals surface area contributed by atoms with Crippen molar-refractivity contribution in [2.75, 3.05) is 13.7 Å². The van der Waals surface area contributed by atoms with Gasteiger partial charge in [-0.1, -0.05) is 13.8 Å². The summed E-state index contributed by atoms with van der Waals surface area (Å²) in [5.41, 5.74) is 0.298. The molecule has 0 radical (unpaired) electrons. The van der Waals surface area contributed by atoms with E-state index in [0.29, 0.717) is 34.6 Å². The molecule has 1 atom stereocenters. The number of rotatable bonds is 8. The molecule has 0 unspecified atom stereocenters. The Morgan fingerprint density at radius 2 is 2.00 bits per heavy atom. The second-order valence-corrected chi connectivity index (χ2v) is 6.27. The van der Waals surface area contributed by atoms with Crippen molar-refractivity contribution in [3.8, 4) is 11.5 Å². The molecule has 0 heterocycles. The molecule has 23 heavy (non-hydrogen) atoms. The van der Waals surface area contributed by atoms with Gasteiger partial charge in [0.2, 0.25) is 0 Å². The van der Waals surface area contributed by atoms with E-state index in [4.69, 9.17) is 9.47 Å². The van der Waals surface area contributed by atoms with E-state index in [-0.39, 0.29) is 5.92 Å². The van der Waals surface area contributed by atoms with Crippen LogP contribution in [0.25, 0.3) is 0 Å². The lowest BCUT2D eigenvalue weighted by Gasteiger charge is -2.17. The summed E-state index contributed by atoms with van der Waals surface area (Å²) in [4.78, 5) is 23.6. The summed E-state index contributed by atoms with van der Waals surface area (Å²) < 4.78 is 11.3. The zero-order chi connectivity index (χ0) is 17.6. The summed E-state index contributed by atoms with van der Waals surface area (Å²) in [5.74, 6) is -0.465. The van der Waals surface area contributed by atoms with E-state index in [1.807, 2.05) is 20.8 Å². The Bertz CT molecular complexity index is 574. The minimum Gasteiger partial charge on any atom is -0.493 e. The average Bonchev–Trinajstić information content (AvgIpc) is 2.47. The van der Waals surface area contributed by atoms with Crippen LogP contribution in [-0.2, 0) is 4.79 Å². The van der Waals surface area contributed by atoms with Gasteiger partial charge >= 0.3 is 5.97 Å². The van der Waals surface area contributed by atoms with Crippen LogP contribution in [0.15, 0.2) is 16.6 Å². The fourth-order valence-electron chi connectivity index (χ4n) is 2.07. The van der Waals surface area contributed by atoms with Gasteiger partial charge in [-0.05, 0) is 47.3 Å². The van der Waals surface area contributed by atoms with E-state index < -0.39 is 17.9 Å². The number of carboxylic acids is 1. The molecule has 0 saturated carbocycles. The maximum absolute atomic E-state index is 12.3. The predicted molar refractivity (Wildman–Crippen MR) is 90.2 cm³/mol. The first-order valence-electron chi connectivity index (χ1n) is 7.34. The number of hydrogen-bond acceptors (Lipinski definition) is 4. The number of amides is 1. The Morgan fingerprint density at radius 1 is 1.35 bits per heavy atom. The molecule has 0 spiro atoms. The Kier molecular flexibility index (Phi) is 7.35. The summed E-state index contributed by atoms with van der Waals surface area (Å²) in [6, 6.07) is 2.18. The number of carbonyl (C=O) groups is 2. The quantitative estimate of drug-likeness (QED) is 0.715. The topological polar surface area (TPSA) is 84.9 Å². The molecule has 7 heteroatoms. The maximum Gasteiger partial charge on any atom is 0.326 e. The maximum atomic E-state index is 12.3. The molecule has 1 amide bonds. The predicted octanol–water partition coefficient (Wildman–Crippen LogP) is 3.09. The average molecular weight is 388 g/mol. The smallest absolute Gasteiger partial charge is 0.326 e. The standard InChI is InChI=1S/C16H22BrNO5/c1-5-23-14-11(17)7-10(8-13(14)22-4)15(19)18-12(16(20)21)6-9(2)3/h7-9,12H,5-6H2,1-4H3,(H,18,19)(H,20,21)/t12-/m1/s1. The molecule has 0 aromatic heterocycles. The molecule has 0 aliphatic heterocycles. The zero-order valence-corrected chi connectivity index (χ0v) is 15.3. The van der Waals surface area contributed by atoms with Crippen molar-refractivity contribution in [3.05, 3.63) is 22.2 Å². The van der Waals surface area contributed by atoms with Crippen LogP contribution in [0.2, 0.25) is 0 Å². The van der Waals surface area contributed by atoms with Crippen LogP contribution in [-0.4, -0.2) is 36.7 Å². The van der Waals surface area contributed by atoms with Crippen LogP contribution >= 0.6 is 15.9 Å². The van der Waals surface area contributed by atoms with E-state index in [2.05, 4.69) is 21.2 Å². The first-order valence-corrected chi connectivity index (χ1v) is 8.13. The van der Waals surface area contributed by atoms with Crippen LogP contribution in [0, 0.1) is 5.92 Å². The van der Waals surface area contributed by atoms with Crippen molar-refractivity contribution in [2.45, 2.75) is 33.2 Å². The lowest BCUT2D eigenvalue weighted by atomic mass is 10.0. The molecule has 128 valence electrons. The minimum atomic E-state index is -1.05. The summed E-state index contributed by atoms with van der Waals surface area (Å²) >= 11 is 3.34. The molecule has 1 aromatic rings. The largest absolute Gasteiger partial charge is 0.493 e. The highest BCUT2D eigenvalue weighted by Gasteiger charge is 2.23. The summed E-state index contributed by atoms with van der Waals surface area (Å²) in [6.45, 7) is 6.10. The van der Waals surface area contributed by atoms with E-state index in [9.17, 15) is 14.7 Å². The van der Waals surface area contributed by atoms with Gasteiger partial charge in [-0.2, -0.15) is 0 Å². The molecule has 1 rings (SSSR count). The Hall–Kier alpha value is -1.76. The van der Waals surface area contributed by atoms with Gasteiger partial charge < -0.3 is 19.9 Å². The molecule has 0 saturated heterocycles. The number of aliphatic carboxylic acids is 1. The number of hydrogen-bond donors (Lipinski definition) is 2. The van der Waals surface area contributed by atoms with E-state index >= 15 is 0 Å². The summed E-state index contributed by atoms with van der Waals surface area (Å²) in [5, 5.41) is 11.8. The SMILES string of the molecule is CCOc1c(Br)cc(C(=O)N[C@H](CC(C)C)C(=O)O)cc1OC. The number of benzene rings is 1. The fourth-order valence-corrected chi connectivity index (χ4v) is 2.63. The lowest BCUT2D eigenvalue weighted by molar-refractivity contribution is -0.139. The van der Waals surface area contributed by atoms with E-state index in [0.717, 1.165) is 0 Å². The Morgan fingerprint density at radius 3 is 2.48 bits per heavy atom. The number of ether oxygens (including phenoxy) is 2. The first-order chi connectivity index (χ1) is 10.8. The third-order valence-electron chi connectivity index (χ3n) is 3.09. The third-order valence-corrected chi connectivity index (χ3v) is 3.68. The second-order valence-electron chi connectivity index (χ2n) is 5.42. The van der Waals surface area contributed by atoms with Gasteiger partial charge in [-0.15, -0.1) is 0 Å². The summed E-state index contributed by atoms with van der Waals surface area (Å²) in [6.07, 6.45) is 0.358. The second kappa shape index (κ2) is 8.76. The van der Waals surface area contributed by atoms with Crippen molar-refractivity contribution < 1.29 is 24.2 Å². The van der Waals surface area contributed by atoms with Crippen LogP contribution in [0.5, 0.6) is 11.5 Å². The van der Waals surface area contributed by atoms with Gasteiger partial charge in [0.05, 0.1) is 18.2 Å². The molecular formula is C16H22BrNO5. The monoisotopic (exact) mass is 387 g/mol. The van der Waals surface area contributed by atoms with Crippen molar-refractivity contribution in [2.24, 2.45) is 5.92 Å². The van der Waals surface area contributed by atoms with Crippen LogP contribution in [0.3, 0.4) is 0 Å². The highest BCUT2D eigenvalue weighted by atomic mass is 79.9. The molecule has 0 bridgehead atoms. The number of methoxy groups -OCH3 is 1. The number of nitrogens with one attached hydrogen (secondary N) is 1. The molecule has 0 aliphatic rings. The highest BCUT2D eigenvalue weighted by molar-refractivity contribution is 9.10. The molecule has 0 aliphatic carbocycles. The number of carboxylic acid groups (broad SMARTS) is 1. The molecule has 2 N–H and O–H groups in total.